The fraction of sp³-hybridized carbons (Fsp3) is 0.0370. The largest absolute Gasteiger partial charge is 0.507 e. The van der Waals surface area contributed by atoms with Crippen molar-refractivity contribution in [2.24, 2.45) is 4.99 Å². The second-order valence-corrected chi connectivity index (χ2v) is 8.44. The van der Waals surface area contributed by atoms with E-state index in [0.29, 0.717) is 22.7 Å². The Morgan fingerprint density at radius 3 is 2.30 bits per heavy atom. The van der Waals surface area contributed by atoms with Crippen molar-refractivity contribution in [3.05, 3.63) is 111 Å². The topological polar surface area (TPSA) is 58.6 Å². The maximum Gasteiger partial charge on any atom is 0.233 e. The van der Waals surface area contributed by atoms with Gasteiger partial charge in [-0.2, -0.15) is 0 Å². The summed E-state index contributed by atoms with van der Waals surface area (Å²) in [7, 11) is 0. The molecule has 0 bridgehead atoms. The minimum atomic E-state index is -2.27. The lowest BCUT2D eigenvalue weighted by Gasteiger charge is -2.06. The molecule has 4 aromatic carbocycles. The zero-order chi connectivity index (χ0) is 26.3. The maximum absolute atomic E-state index is 14.2. The van der Waals surface area contributed by atoms with Crippen LogP contribution in [0.3, 0.4) is 0 Å². The maximum atomic E-state index is 14.2. The van der Waals surface area contributed by atoms with Crippen LogP contribution in [0, 0.1) is 29.1 Å². The van der Waals surface area contributed by atoms with Gasteiger partial charge in [-0.15, -0.1) is 0 Å². The smallest absolute Gasteiger partial charge is 0.233 e. The molecule has 1 heterocycles. The van der Waals surface area contributed by atoms with E-state index in [-0.39, 0.29) is 16.8 Å². The van der Waals surface area contributed by atoms with Gasteiger partial charge >= 0.3 is 0 Å². The summed E-state index contributed by atoms with van der Waals surface area (Å²) in [5, 5.41) is 10.9. The third-order valence-corrected chi connectivity index (χ3v) is 5.96. The number of aliphatic imine (C=N–C) groups is 1. The lowest BCUT2D eigenvalue weighted by atomic mass is 10.0. The predicted octanol–water partition coefficient (Wildman–Crippen LogP) is 7.89. The number of oxazole rings is 1. The first-order valence-corrected chi connectivity index (χ1v) is 11.1. The summed E-state index contributed by atoms with van der Waals surface area (Å²) in [6.07, 6.45) is 1.95. The van der Waals surface area contributed by atoms with Crippen LogP contribution in [0.2, 0.25) is 5.02 Å². The molecule has 0 aliphatic heterocycles. The van der Waals surface area contributed by atoms with E-state index in [1.165, 1.54) is 30.5 Å². The van der Waals surface area contributed by atoms with E-state index in [9.17, 15) is 27.1 Å². The van der Waals surface area contributed by atoms with E-state index in [0.717, 1.165) is 11.1 Å². The number of aromatic nitrogens is 1. The molecule has 186 valence electrons. The molecular weight excluding hydrogens is 515 g/mol. The number of nitrogens with zero attached hydrogens (tertiary/aromatic N) is 2. The second-order valence-electron chi connectivity index (χ2n) is 8.04. The summed E-state index contributed by atoms with van der Waals surface area (Å²) in [5.74, 6) is -11.3. The average molecular weight is 529 g/mol. The van der Waals surface area contributed by atoms with Crippen LogP contribution in [-0.4, -0.2) is 16.3 Å². The molecule has 1 aromatic heterocycles. The van der Waals surface area contributed by atoms with Crippen molar-refractivity contribution in [2.45, 2.75) is 6.42 Å². The molecule has 10 heteroatoms. The Morgan fingerprint density at radius 2 is 1.57 bits per heavy atom. The Hall–Kier alpha value is -4.24. The first-order chi connectivity index (χ1) is 17.7. The molecule has 0 atom stereocenters. The molecule has 0 aliphatic carbocycles. The number of phenols is 1. The highest BCUT2D eigenvalue weighted by Gasteiger charge is 2.29. The number of hydrogen-bond acceptors (Lipinski definition) is 4. The third kappa shape index (κ3) is 4.65. The van der Waals surface area contributed by atoms with Gasteiger partial charge in [0.15, 0.2) is 28.9 Å². The first kappa shape index (κ1) is 24.5. The van der Waals surface area contributed by atoms with Crippen molar-refractivity contribution >= 4 is 34.6 Å². The summed E-state index contributed by atoms with van der Waals surface area (Å²) in [6.45, 7) is 0. The average Bonchev–Trinajstić information content (AvgIpc) is 3.31. The van der Waals surface area contributed by atoms with E-state index in [4.69, 9.17) is 16.0 Å². The normalized spacial score (nSPS) is 11.6. The lowest BCUT2D eigenvalue weighted by molar-refractivity contribution is 0.379. The number of fused-ring (bicyclic) bond motifs is 1. The van der Waals surface area contributed by atoms with Gasteiger partial charge in [-0.3, -0.25) is 4.99 Å². The Morgan fingerprint density at radius 1 is 0.865 bits per heavy atom. The van der Waals surface area contributed by atoms with Gasteiger partial charge in [0.2, 0.25) is 11.7 Å². The number of phenolic OH excluding ortho intramolecular Hbond substituents is 1. The van der Waals surface area contributed by atoms with Crippen molar-refractivity contribution in [3.8, 4) is 17.2 Å². The summed E-state index contributed by atoms with van der Waals surface area (Å²) >= 11 is 6.23. The number of aromatic hydroxyl groups is 1. The molecule has 0 unspecified atom stereocenters. The van der Waals surface area contributed by atoms with E-state index < -0.39 is 40.5 Å². The molecule has 0 fully saturated rings. The zero-order valence-electron chi connectivity index (χ0n) is 18.6. The van der Waals surface area contributed by atoms with E-state index >= 15 is 0 Å². The minimum Gasteiger partial charge on any atom is -0.507 e. The SMILES string of the molecule is Oc1ccc(Cc2ccccc2Cl)cc1C=Nc1ccc2oc(-c3c(F)c(F)c(F)c(F)c3F)nc2c1. The molecule has 0 amide bonds. The van der Waals surface area contributed by atoms with Crippen molar-refractivity contribution in [1.82, 2.24) is 4.98 Å². The number of benzene rings is 4. The molecular formula is C27H14ClF5N2O2. The van der Waals surface area contributed by atoms with Crippen molar-refractivity contribution < 1.29 is 31.5 Å². The van der Waals surface area contributed by atoms with Crippen molar-refractivity contribution in [3.63, 3.8) is 0 Å². The van der Waals surface area contributed by atoms with E-state index in [1.807, 2.05) is 18.2 Å². The molecule has 37 heavy (non-hydrogen) atoms. The standard InChI is InChI=1S/C27H14ClF5N2O2/c28-17-4-2-1-3-14(17)9-13-5-7-19(36)15(10-13)12-34-16-6-8-20-18(11-16)35-27(37-20)21-22(29)24(31)26(33)25(32)23(21)30/h1-8,10-12,36H,9H2. The molecule has 1 N–H and O–H groups in total. The van der Waals surface area contributed by atoms with Crippen LogP contribution >= 0.6 is 11.6 Å². The van der Waals surface area contributed by atoms with Crippen molar-refractivity contribution in [2.75, 3.05) is 0 Å². The summed E-state index contributed by atoms with van der Waals surface area (Å²) < 4.78 is 74.1. The monoisotopic (exact) mass is 528 g/mol. The summed E-state index contributed by atoms with van der Waals surface area (Å²) in [4.78, 5) is 8.18. The van der Waals surface area contributed by atoms with Gasteiger partial charge in [0.05, 0.1) is 5.69 Å². The quantitative estimate of drug-likeness (QED) is 0.109. The second kappa shape index (κ2) is 9.67. The highest BCUT2D eigenvalue weighted by Crippen LogP contribution is 2.34. The molecule has 0 saturated heterocycles. The van der Waals surface area contributed by atoms with Gasteiger partial charge in [0.1, 0.15) is 16.8 Å². The van der Waals surface area contributed by atoms with Crippen molar-refractivity contribution in [1.29, 1.82) is 0 Å². The summed E-state index contributed by atoms with van der Waals surface area (Å²) in [6, 6.07) is 16.7. The Kier molecular flexibility index (Phi) is 6.39. The van der Waals surface area contributed by atoms with Crippen LogP contribution in [-0.2, 0) is 6.42 Å². The van der Waals surface area contributed by atoms with Gasteiger partial charge in [0.25, 0.3) is 0 Å². The fourth-order valence-corrected chi connectivity index (χ4v) is 3.92. The van der Waals surface area contributed by atoms with Crippen LogP contribution in [0.5, 0.6) is 5.75 Å². The molecule has 0 radical (unpaired) electrons. The minimum absolute atomic E-state index is 0.0113. The molecule has 0 spiro atoms. The summed E-state index contributed by atoms with van der Waals surface area (Å²) in [5.41, 5.74) is 1.41. The van der Waals surface area contributed by atoms with Crippen LogP contribution in [0.1, 0.15) is 16.7 Å². The van der Waals surface area contributed by atoms with Crippen LogP contribution < -0.4 is 0 Å². The zero-order valence-corrected chi connectivity index (χ0v) is 19.3. The number of rotatable bonds is 5. The van der Waals surface area contributed by atoms with Gasteiger partial charge < -0.3 is 9.52 Å². The van der Waals surface area contributed by atoms with E-state index in [1.54, 1.807) is 18.2 Å². The van der Waals surface area contributed by atoms with Crippen LogP contribution in [0.4, 0.5) is 27.6 Å². The highest BCUT2D eigenvalue weighted by atomic mass is 35.5. The van der Waals surface area contributed by atoms with Crippen LogP contribution in [0.15, 0.2) is 70.1 Å². The number of halogens is 6. The highest BCUT2D eigenvalue weighted by molar-refractivity contribution is 6.31. The van der Waals surface area contributed by atoms with Gasteiger partial charge in [-0.05, 0) is 53.9 Å². The van der Waals surface area contributed by atoms with Crippen LogP contribution in [0.25, 0.3) is 22.6 Å². The third-order valence-electron chi connectivity index (χ3n) is 5.59. The molecule has 5 rings (SSSR count). The van der Waals surface area contributed by atoms with Gasteiger partial charge in [-0.1, -0.05) is 35.9 Å². The Bertz CT molecular complexity index is 1670. The Labute approximate surface area is 211 Å². The molecule has 0 saturated carbocycles. The Balaban J connectivity index is 1.45. The molecule has 4 nitrogen and oxygen atoms in total. The first-order valence-electron chi connectivity index (χ1n) is 10.7. The molecule has 5 aromatic rings. The van der Waals surface area contributed by atoms with E-state index in [2.05, 4.69) is 9.98 Å². The molecule has 0 aliphatic rings. The van der Waals surface area contributed by atoms with Gasteiger partial charge in [-0.25, -0.2) is 26.9 Å². The fourth-order valence-electron chi connectivity index (χ4n) is 3.72. The van der Waals surface area contributed by atoms with Gasteiger partial charge in [0, 0.05) is 16.8 Å². The lowest BCUT2D eigenvalue weighted by Crippen LogP contribution is -2.04. The predicted molar refractivity (Wildman–Crippen MR) is 129 cm³/mol. The number of hydrogen-bond donors (Lipinski definition) is 1.